The lowest BCUT2D eigenvalue weighted by atomic mass is 10.1. The van der Waals surface area contributed by atoms with Crippen molar-refractivity contribution >= 4 is 11.9 Å². The van der Waals surface area contributed by atoms with Gasteiger partial charge in [0, 0.05) is 6.08 Å². The van der Waals surface area contributed by atoms with Gasteiger partial charge in [-0.05, 0) is 44.9 Å². The van der Waals surface area contributed by atoms with Gasteiger partial charge in [0.1, 0.15) is 0 Å². The summed E-state index contributed by atoms with van der Waals surface area (Å²) >= 11 is 0. The maximum Gasteiger partial charge on any atom is 0.181 e. The van der Waals surface area contributed by atoms with E-state index in [9.17, 15) is 4.79 Å². The Balaban J connectivity index is 2.58. The van der Waals surface area contributed by atoms with E-state index in [4.69, 9.17) is 4.74 Å². The third kappa shape index (κ3) is 5.48. The van der Waals surface area contributed by atoms with Gasteiger partial charge >= 0.3 is 0 Å². The first-order valence-corrected chi connectivity index (χ1v) is 6.00. The molecule has 18 heavy (non-hydrogen) atoms. The fourth-order valence-electron chi connectivity index (χ4n) is 1.31. The number of allylic oxidation sites excluding steroid dienone is 2. The highest BCUT2D eigenvalue weighted by molar-refractivity contribution is 6.01. The molecule has 0 spiro atoms. The second kappa shape index (κ2) is 6.20. The topological polar surface area (TPSA) is 26.3 Å². The zero-order chi connectivity index (χ0) is 13.6. The number of rotatable bonds is 4. The van der Waals surface area contributed by atoms with Gasteiger partial charge in [0.2, 0.25) is 0 Å². The highest BCUT2D eigenvalue weighted by Crippen LogP contribution is 2.09. The molecule has 0 saturated carbocycles. The van der Waals surface area contributed by atoms with Crippen LogP contribution in [0.4, 0.5) is 0 Å². The first-order chi connectivity index (χ1) is 8.38. The van der Waals surface area contributed by atoms with Crippen molar-refractivity contribution in [2.24, 2.45) is 0 Å². The van der Waals surface area contributed by atoms with E-state index < -0.39 is 0 Å². The van der Waals surface area contributed by atoms with Crippen molar-refractivity contribution in [3.63, 3.8) is 0 Å². The van der Waals surface area contributed by atoms with Crippen molar-refractivity contribution in [3.05, 3.63) is 53.8 Å². The van der Waals surface area contributed by atoms with Crippen LogP contribution in [0.1, 0.15) is 31.9 Å². The van der Waals surface area contributed by atoms with E-state index in [1.54, 1.807) is 6.08 Å². The molecule has 0 fully saturated rings. The first kappa shape index (κ1) is 14.2. The molecule has 1 rings (SSSR count). The van der Waals surface area contributed by atoms with Crippen LogP contribution in [0.15, 0.2) is 42.7 Å². The number of ether oxygens (including phenoxy) is 1. The molecular formula is C16H20O2. The lowest BCUT2D eigenvalue weighted by Gasteiger charge is -2.17. The summed E-state index contributed by atoms with van der Waals surface area (Å²) in [5, 5.41) is 0. The Morgan fingerprint density at radius 1 is 1.17 bits per heavy atom. The lowest BCUT2D eigenvalue weighted by Crippen LogP contribution is -2.15. The second-order valence-electron chi connectivity index (χ2n) is 5.13. The van der Waals surface area contributed by atoms with Gasteiger partial charge in [-0.1, -0.05) is 30.3 Å². The molecule has 0 aliphatic carbocycles. The molecule has 0 bridgehead atoms. The maximum atomic E-state index is 11.6. The van der Waals surface area contributed by atoms with Gasteiger partial charge in [0.15, 0.2) is 5.78 Å². The van der Waals surface area contributed by atoms with E-state index in [2.05, 4.69) is 0 Å². The average Bonchev–Trinajstić information content (AvgIpc) is 2.26. The molecule has 0 aliphatic heterocycles. The molecule has 2 heteroatoms. The highest BCUT2D eigenvalue weighted by atomic mass is 16.5. The second-order valence-corrected chi connectivity index (χ2v) is 5.13. The Morgan fingerprint density at radius 3 is 2.44 bits per heavy atom. The van der Waals surface area contributed by atoms with Crippen LogP contribution in [-0.2, 0) is 9.53 Å². The zero-order valence-electron chi connectivity index (χ0n) is 11.4. The van der Waals surface area contributed by atoms with Gasteiger partial charge in [-0.15, -0.1) is 0 Å². The van der Waals surface area contributed by atoms with Crippen molar-refractivity contribution in [2.75, 3.05) is 0 Å². The summed E-state index contributed by atoms with van der Waals surface area (Å²) in [5.74, 6) is -0.0810. The zero-order valence-corrected chi connectivity index (χ0v) is 11.4. The molecule has 0 amide bonds. The van der Waals surface area contributed by atoms with Gasteiger partial charge in [-0.3, -0.25) is 4.79 Å². The summed E-state index contributed by atoms with van der Waals surface area (Å²) in [4.78, 5) is 11.6. The van der Waals surface area contributed by atoms with E-state index in [1.807, 2.05) is 58.0 Å². The van der Waals surface area contributed by atoms with Crippen LogP contribution in [0.3, 0.4) is 0 Å². The largest absolute Gasteiger partial charge is 0.496 e. The number of hydrogen-bond acceptors (Lipinski definition) is 2. The molecule has 0 heterocycles. The number of benzene rings is 1. The van der Waals surface area contributed by atoms with Crippen LogP contribution < -0.4 is 0 Å². The van der Waals surface area contributed by atoms with Crippen molar-refractivity contribution < 1.29 is 9.53 Å². The Kier molecular flexibility index (Phi) is 4.90. The summed E-state index contributed by atoms with van der Waals surface area (Å²) in [6.07, 6.45) is 6.24. The molecule has 0 N–H and O–H groups in total. The Morgan fingerprint density at radius 2 is 1.83 bits per heavy atom. The van der Waals surface area contributed by atoms with E-state index in [1.165, 1.54) is 12.3 Å². The molecule has 0 radical (unpaired) electrons. The fourth-order valence-corrected chi connectivity index (χ4v) is 1.31. The molecule has 0 saturated heterocycles. The molecule has 0 aromatic heterocycles. The van der Waals surface area contributed by atoms with Crippen LogP contribution in [0.5, 0.6) is 0 Å². The molecule has 96 valence electrons. The third-order valence-corrected chi connectivity index (χ3v) is 2.27. The molecule has 0 aliphatic rings. The van der Waals surface area contributed by atoms with Crippen molar-refractivity contribution in [2.45, 2.75) is 33.3 Å². The predicted octanol–water partition coefficient (Wildman–Crippen LogP) is 3.91. The van der Waals surface area contributed by atoms with Crippen LogP contribution in [0, 0.1) is 6.92 Å². The van der Waals surface area contributed by atoms with Gasteiger partial charge in [0.25, 0.3) is 0 Å². The molecular weight excluding hydrogens is 224 g/mol. The smallest absolute Gasteiger partial charge is 0.181 e. The number of aryl methyl sites for hydroxylation is 1. The molecule has 1 aromatic rings. The van der Waals surface area contributed by atoms with Crippen LogP contribution >= 0.6 is 0 Å². The minimum atomic E-state index is -0.267. The van der Waals surface area contributed by atoms with Crippen LogP contribution in [0.25, 0.3) is 6.08 Å². The number of hydrogen-bond donors (Lipinski definition) is 0. The summed E-state index contributed by atoms with van der Waals surface area (Å²) in [6.45, 7) is 7.82. The Hall–Kier alpha value is -1.83. The van der Waals surface area contributed by atoms with E-state index in [0.29, 0.717) is 0 Å². The minimum Gasteiger partial charge on any atom is -0.496 e. The van der Waals surface area contributed by atoms with Crippen molar-refractivity contribution in [1.82, 2.24) is 0 Å². The lowest BCUT2D eigenvalue weighted by molar-refractivity contribution is -0.110. The molecule has 0 atom stereocenters. The van der Waals surface area contributed by atoms with Crippen LogP contribution in [0.2, 0.25) is 0 Å². The maximum absolute atomic E-state index is 11.6. The van der Waals surface area contributed by atoms with Crippen LogP contribution in [-0.4, -0.2) is 11.4 Å². The van der Waals surface area contributed by atoms with Gasteiger partial charge in [-0.25, -0.2) is 0 Å². The minimum absolute atomic E-state index is 0.0810. The molecule has 0 unspecified atom stereocenters. The summed E-state index contributed by atoms with van der Waals surface area (Å²) in [7, 11) is 0. The molecule has 1 aromatic carbocycles. The summed E-state index contributed by atoms with van der Waals surface area (Å²) in [5.41, 5.74) is 1.93. The normalized spacial score (nSPS) is 12.2. The SMILES string of the molecule is Cc1ccccc1/C=C/C(=O)/C=C/OC(C)(C)C. The van der Waals surface area contributed by atoms with E-state index in [0.717, 1.165) is 11.1 Å². The fraction of sp³-hybridized carbons (Fsp3) is 0.312. The van der Waals surface area contributed by atoms with Crippen molar-refractivity contribution in [1.29, 1.82) is 0 Å². The van der Waals surface area contributed by atoms with Gasteiger partial charge in [-0.2, -0.15) is 0 Å². The van der Waals surface area contributed by atoms with Gasteiger partial charge < -0.3 is 4.74 Å². The number of carbonyl (C=O) groups is 1. The summed E-state index contributed by atoms with van der Waals surface area (Å²) in [6, 6.07) is 7.93. The van der Waals surface area contributed by atoms with Crippen molar-refractivity contribution in [3.8, 4) is 0 Å². The molecule has 2 nitrogen and oxygen atoms in total. The number of ketones is 1. The third-order valence-electron chi connectivity index (χ3n) is 2.27. The summed E-state index contributed by atoms with van der Waals surface area (Å²) < 4.78 is 5.34. The first-order valence-electron chi connectivity index (χ1n) is 6.00. The Bertz CT molecular complexity index is 462. The number of carbonyl (C=O) groups excluding carboxylic acids is 1. The Labute approximate surface area is 109 Å². The average molecular weight is 244 g/mol. The predicted molar refractivity (Wildman–Crippen MR) is 75.2 cm³/mol. The van der Waals surface area contributed by atoms with Gasteiger partial charge in [0.05, 0.1) is 11.9 Å². The highest BCUT2D eigenvalue weighted by Gasteiger charge is 2.07. The van der Waals surface area contributed by atoms with E-state index in [-0.39, 0.29) is 11.4 Å². The standard InChI is InChI=1S/C16H20O2/c1-13-7-5-6-8-14(13)9-10-15(17)11-12-18-16(2,3)4/h5-12H,1-4H3/b10-9+,12-11+. The monoisotopic (exact) mass is 244 g/mol. The van der Waals surface area contributed by atoms with E-state index >= 15 is 0 Å². The quantitative estimate of drug-likeness (QED) is 0.593.